The van der Waals surface area contributed by atoms with E-state index in [9.17, 15) is 9.90 Å². The SMILES string of the molecule is CC1=C[C@H]2O[C@@H]3C[C@@H](O)C(C)(C34CO4)[C@@]2(COC(=O)/C=C(/C)CCO)CC1. The molecule has 6 heteroatoms. The number of epoxide rings is 1. The molecule has 1 spiro atoms. The van der Waals surface area contributed by atoms with E-state index in [-0.39, 0.29) is 25.4 Å². The van der Waals surface area contributed by atoms with Crippen LogP contribution in [-0.4, -0.2) is 59.9 Å². The molecule has 0 aromatic rings. The van der Waals surface area contributed by atoms with Crippen molar-refractivity contribution in [1.82, 2.24) is 0 Å². The Morgan fingerprint density at radius 1 is 1.48 bits per heavy atom. The molecule has 4 rings (SSSR count). The molecular formula is C21H30O6. The summed E-state index contributed by atoms with van der Waals surface area (Å²) in [7, 11) is 0. The summed E-state index contributed by atoms with van der Waals surface area (Å²) in [6.45, 7) is 6.77. The van der Waals surface area contributed by atoms with E-state index in [1.54, 1.807) is 6.92 Å². The summed E-state index contributed by atoms with van der Waals surface area (Å²) in [5.74, 6) is -0.413. The van der Waals surface area contributed by atoms with Gasteiger partial charge in [-0.15, -0.1) is 0 Å². The van der Waals surface area contributed by atoms with Crippen LogP contribution >= 0.6 is 0 Å². The van der Waals surface area contributed by atoms with Crippen LogP contribution in [0.1, 0.15) is 46.5 Å². The Kier molecular flexibility index (Phi) is 4.54. The zero-order chi connectivity index (χ0) is 19.4. The van der Waals surface area contributed by atoms with Crippen LogP contribution in [0.4, 0.5) is 0 Å². The zero-order valence-electron chi connectivity index (χ0n) is 16.4. The molecule has 2 N–H and O–H groups in total. The predicted molar refractivity (Wildman–Crippen MR) is 97.9 cm³/mol. The highest BCUT2D eigenvalue weighted by Crippen LogP contribution is 2.71. The standard InChI is InChI=1S/C21H30O6/c1-13-4-6-20(11-25-18(24)9-14(2)5-7-22)16(8-13)27-17-10-15(23)19(20,3)21(17)12-26-21/h8-9,15-17,22-23H,4-7,10-12H2,1-3H3/b14-9-/t15-,16-,17-,19?,20-,21?/m1/s1. The third-order valence-corrected chi connectivity index (χ3v) is 7.59. The predicted octanol–water partition coefficient (Wildman–Crippen LogP) is 1.89. The van der Waals surface area contributed by atoms with Crippen molar-refractivity contribution in [3.8, 4) is 0 Å². The number of rotatable bonds is 5. The van der Waals surface area contributed by atoms with Crippen LogP contribution in [0.2, 0.25) is 0 Å². The molecule has 6 nitrogen and oxygen atoms in total. The lowest BCUT2D eigenvalue weighted by Crippen LogP contribution is -2.66. The molecular weight excluding hydrogens is 348 g/mol. The lowest BCUT2D eigenvalue weighted by molar-refractivity contribution is -0.229. The minimum absolute atomic E-state index is 0.00501. The van der Waals surface area contributed by atoms with Gasteiger partial charge in [-0.2, -0.15) is 0 Å². The summed E-state index contributed by atoms with van der Waals surface area (Å²) in [4.78, 5) is 12.3. The number of hydrogen-bond donors (Lipinski definition) is 2. The maximum absolute atomic E-state index is 12.3. The van der Waals surface area contributed by atoms with Crippen molar-refractivity contribution in [2.45, 2.75) is 70.4 Å². The highest BCUT2D eigenvalue weighted by molar-refractivity contribution is 5.82. The summed E-state index contributed by atoms with van der Waals surface area (Å²) in [6, 6.07) is 0. The fourth-order valence-corrected chi connectivity index (χ4v) is 5.69. The van der Waals surface area contributed by atoms with Crippen molar-refractivity contribution in [2.24, 2.45) is 10.8 Å². The molecule has 0 aromatic heterocycles. The van der Waals surface area contributed by atoms with Gasteiger partial charge < -0.3 is 24.4 Å². The Morgan fingerprint density at radius 3 is 2.89 bits per heavy atom. The van der Waals surface area contributed by atoms with E-state index >= 15 is 0 Å². The van der Waals surface area contributed by atoms with E-state index in [1.165, 1.54) is 11.6 Å². The van der Waals surface area contributed by atoms with Crippen LogP contribution in [-0.2, 0) is 19.0 Å². The first-order chi connectivity index (χ1) is 12.8. The molecule has 2 aliphatic carbocycles. The van der Waals surface area contributed by atoms with E-state index in [1.807, 2.05) is 0 Å². The molecule has 150 valence electrons. The van der Waals surface area contributed by atoms with E-state index in [0.717, 1.165) is 18.4 Å². The molecule has 2 saturated heterocycles. The minimum Gasteiger partial charge on any atom is -0.462 e. The quantitative estimate of drug-likeness (QED) is 0.329. The van der Waals surface area contributed by atoms with Gasteiger partial charge in [-0.3, -0.25) is 0 Å². The van der Waals surface area contributed by atoms with Crippen molar-refractivity contribution in [3.05, 3.63) is 23.3 Å². The van der Waals surface area contributed by atoms with E-state index in [4.69, 9.17) is 19.3 Å². The molecule has 3 fully saturated rings. The number of aliphatic hydroxyl groups excluding tert-OH is 2. The van der Waals surface area contributed by atoms with Gasteiger partial charge in [-0.25, -0.2) is 4.79 Å². The van der Waals surface area contributed by atoms with Gasteiger partial charge in [0.25, 0.3) is 0 Å². The lowest BCUT2D eigenvalue weighted by Gasteiger charge is -2.58. The first kappa shape index (κ1) is 19.1. The third-order valence-electron chi connectivity index (χ3n) is 7.59. The van der Waals surface area contributed by atoms with Crippen molar-refractivity contribution in [3.63, 3.8) is 0 Å². The summed E-state index contributed by atoms with van der Waals surface area (Å²) in [5, 5.41) is 20.0. The Morgan fingerprint density at radius 2 is 2.22 bits per heavy atom. The van der Waals surface area contributed by atoms with E-state index in [2.05, 4.69) is 19.9 Å². The molecule has 2 unspecified atom stereocenters. The van der Waals surface area contributed by atoms with Crippen LogP contribution in [0.5, 0.6) is 0 Å². The highest BCUT2D eigenvalue weighted by Gasteiger charge is 2.81. The first-order valence-corrected chi connectivity index (χ1v) is 9.89. The molecule has 27 heavy (non-hydrogen) atoms. The second kappa shape index (κ2) is 6.41. The maximum atomic E-state index is 12.3. The van der Waals surface area contributed by atoms with Crippen molar-refractivity contribution < 1.29 is 29.2 Å². The molecule has 4 aliphatic rings. The number of allylic oxidation sites excluding steroid dienone is 1. The van der Waals surface area contributed by atoms with Crippen molar-refractivity contribution in [2.75, 3.05) is 19.8 Å². The topological polar surface area (TPSA) is 88.5 Å². The summed E-state index contributed by atoms with van der Waals surface area (Å²) in [5.41, 5.74) is 0.561. The molecule has 2 heterocycles. The van der Waals surface area contributed by atoms with Gasteiger partial charge >= 0.3 is 5.97 Å². The second-order valence-corrected chi connectivity index (χ2v) is 8.92. The Bertz CT molecular complexity index is 693. The Labute approximate surface area is 160 Å². The van der Waals surface area contributed by atoms with Gasteiger partial charge in [0.05, 0.1) is 24.9 Å². The van der Waals surface area contributed by atoms with Gasteiger partial charge in [0.15, 0.2) is 0 Å². The molecule has 0 aromatic carbocycles. The molecule has 1 saturated carbocycles. The second-order valence-electron chi connectivity index (χ2n) is 8.92. The number of fused-ring (bicyclic) bond motifs is 2. The number of ether oxygens (including phenoxy) is 3. The van der Waals surface area contributed by atoms with E-state index in [0.29, 0.717) is 19.4 Å². The summed E-state index contributed by atoms with van der Waals surface area (Å²) < 4.78 is 18.0. The normalized spacial score (nSPS) is 45.4. The lowest BCUT2D eigenvalue weighted by atomic mass is 9.51. The Hall–Kier alpha value is -1.21. The molecule has 2 aliphatic heterocycles. The number of carbonyl (C=O) groups excluding carboxylic acids is 1. The van der Waals surface area contributed by atoms with Gasteiger partial charge in [0, 0.05) is 29.9 Å². The van der Waals surface area contributed by atoms with Gasteiger partial charge in [-0.05, 0) is 33.1 Å². The summed E-state index contributed by atoms with van der Waals surface area (Å²) >= 11 is 0. The van der Waals surface area contributed by atoms with Crippen molar-refractivity contribution in [1.29, 1.82) is 0 Å². The number of aliphatic hydroxyl groups is 2. The zero-order valence-corrected chi connectivity index (χ0v) is 16.4. The van der Waals surface area contributed by atoms with Crippen LogP contribution in [0.15, 0.2) is 23.3 Å². The van der Waals surface area contributed by atoms with Crippen molar-refractivity contribution >= 4 is 5.97 Å². The van der Waals surface area contributed by atoms with Crippen LogP contribution in [0.3, 0.4) is 0 Å². The minimum atomic E-state index is -0.549. The maximum Gasteiger partial charge on any atom is 0.330 e. The van der Waals surface area contributed by atoms with E-state index < -0.39 is 28.5 Å². The summed E-state index contributed by atoms with van der Waals surface area (Å²) in [6.07, 6.45) is 5.42. The number of hydrogen-bond acceptors (Lipinski definition) is 6. The molecule has 6 atom stereocenters. The fraction of sp³-hybridized carbons (Fsp3) is 0.762. The third kappa shape index (κ3) is 2.57. The number of esters is 1. The molecule has 0 radical (unpaired) electrons. The largest absolute Gasteiger partial charge is 0.462 e. The van der Waals surface area contributed by atoms with Gasteiger partial charge in [0.1, 0.15) is 12.2 Å². The molecule has 0 amide bonds. The van der Waals surface area contributed by atoms with Crippen LogP contribution in [0, 0.1) is 10.8 Å². The highest BCUT2D eigenvalue weighted by atomic mass is 16.6. The Balaban J connectivity index is 1.64. The first-order valence-electron chi connectivity index (χ1n) is 9.89. The van der Waals surface area contributed by atoms with Crippen LogP contribution < -0.4 is 0 Å². The van der Waals surface area contributed by atoms with Gasteiger partial charge in [0.2, 0.25) is 0 Å². The molecule has 2 bridgehead atoms. The smallest absolute Gasteiger partial charge is 0.330 e. The average molecular weight is 378 g/mol. The number of carbonyl (C=O) groups is 1. The average Bonchev–Trinajstić information content (AvgIpc) is 3.38. The fourth-order valence-electron chi connectivity index (χ4n) is 5.69. The van der Waals surface area contributed by atoms with Gasteiger partial charge in [-0.1, -0.05) is 24.1 Å². The monoisotopic (exact) mass is 378 g/mol. The van der Waals surface area contributed by atoms with Crippen LogP contribution in [0.25, 0.3) is 0 Å².